The van der Waals surface area contributed by atoms with E-state index in [1.807, 2.05) is 18.2 Å². The van der Waals surface area contributed by atoms with E-state index in [-0.39, 0.29) is 0 Å². The van der Waals surface area contributed by atoms with Crippen molar-refractivity contribution >= 4 is 12.6 Å². The zero-order valence-electron chi connectivity index (χ0n) is 5.90. The second kappa shape index (κ2) is 4.34. The molecule has 0 saturated carbocycles. The Morgan fingerprint density at radius 1 is 1.10 bits per heavy atom. The van der Waals surface area contributed by atoms with Crippen LogP contribution < -0.4 is 4.57 Å². The molecule has 0 aliphatic rings. The summed E-state index contributed by atoms with van der Waals surface area (Å²) in [6.45, 7) is 1.07. The van der Waals surface area contributed by atoms with Crippen LogP contribution in [0.4, 0.5) is 0 Å². The summed E-state index contributed by atoms with van der Waals surface area (Å²) in [5, 5.41) is 0. The molecule has 0 saturated heterocycles. The number of aromatic nitrogens is 1. The molecule has 54 valence electrons. The van der Waals surface area contributed by atoms with Gasteiger partial charge in [-0.3, -0.25) is 0 Å². The average Bonchev–Trinajstić information content (AvgIpc) is 2.03. The van der Waals surface area contributed by atoms with Crippen LogP contribution in [0.25, 0.3) is 0 Å². The van der Waals surface area contributed by atoms with Crippen LogP contribution in [0.3, 0.4) is 0 Å². The van der Waals surface area contributed by atoms with Gasteiger partial charge in [-0.25, -0.2) is 4.57 Å². The Morgan fingerprint density at radius 3 is 2.40 bits per heavy atom. The van der Waals surface area contributed by atoms with Crippen molar-refractivity contribution in [2.75, 3.05) is 5.75 Å². The van der Waals surface area contributed by atoms with E-state index in [0.717, 1.165) is 18.7 Å². The Bertz CT molecular complexity index is 174. The lowest BCUT2D eigenvalue weighted by Crippen LogP contribution is -2.32. The number of pyridine rings is 1. The van der Waals surface area contributed by atoms with Gasteiger partial charge in [0.15, 0.2) is 12.4 Å². The van der Waals surface area contributed by atoms with Crippen LogP contribution in [-0.4, -0.2) is 5.75 Å². The fourth-order valence-electron chi connectivity index (χ4n) is 0.837. The fraction of sp³-hybridized carbons (Fsp3) is 0.375. The molecule has 0 aromatic carbocycles. The van der Waals surface area contributed by atoms with Gasteiger partial charge in [0.1, 0.15) is 6.54 Å². The zero-order valence-corrected chi connectivity index (χ0v) is 6.80. The van der Waals surface area contributed by atoms with Crippen molar-refractivity contribution in [1.82, 2.24) is 0 Å². The highest BCUT2D eigenvalue weighted by Gasteiger charge is 1.93. The molecule has 0 N–H and O–H groups in total. The second-order valence-corrected chi connectivity index (χ2v) is 2.64. The molecule has 2 heteroatoms. The summed E-state index contributed by atoms with van der Waals surface area (Å²) in [6.07, 6.45) is 5.28. The summed E-state index contributed by atoms with van der Waals surface area (Å²) in [5.41, 5.74) is 0. The van der Waals surface area contributed by atoms with Gasteiger partial charge in [-0.05, 0) is 5.75 Å². The smallest absolute Gasteiger partial charge is 0.168 e. The van der Waals surface area contributed by atoms with E-state index in [1.54, 1.807) is 0 Å². The number of hydrogen-bond donors (Lipinski definition) is 1. The quantitative estimate of drug-likeness (QED) is 0.494. The van der Waals surface area contributed by atoms with Crippen LogP contribution in [-0.2, 0) is 6.54 Å². The topological polar surface area (TPSA) is 3.88 Å². The molecular weight excluding hydrogens is 142 g/mol. The third-order valence-electron chi connectivity index (χ3n) is 1.35. The molecule has 1 aromatic rings. The van der Waals surface area contributed by atoms with Crippen molar-refractivity contribution in [2.24, 2.45) is 0 Å². The molecule has 1 rings (SSSR count). The van der Waals surface area contributed by atoms with Gasteiger partial charge in [0.2, 0.25) is 0 Å². The summed E-state index contributed by atoms with van der Waals surface area (Å²) < 4.78 is 2.16. The zero-order chi connectivity index (χ0) is 7.23. The summed E-state index contributed by atoms with van der Waals surface area (Å²) in [5.74, 6) is 0.960. The van der Waals surface area contributed by atoms with Crippen LogP contribution >= 0.6 is 12.6 Å². The van der Waals surface area contributed by atoms with Crippen molar-refractivity contribution in [2.45, 2.75) is 13.0 Å². The predicted molar refractivity (Wildman–Crippen MR) is 45.1 cm³/mol. The highest BCUT2D eigenvalue weighted by atomic mass is 32.1. The van der Waals surface area contributed by atoms with Crippen LogP contribution in [0.15, 0.2) is 30.6 Å². The first-order valence-corrected chi connectivity index (χ1v) is 4.11. The lowest BCUT2D eigenvalue weighted by molar-refractivity contribution is -0.696. The Balaban J connectivity index is 2.43. The third kappa shape index (κ3) is 2.40. The first-order chi connectivity index (χ1) is 4.93. The maximum Gasteiger partial charge on any atom is 0.168 e. The monoisotopic (exact) mass is 154 g/mol. The Hall–Kier alpha value is -0.500. The van der Waals surface area contributed by atoms with Crippen LogP contribution in [0.2, 0.25) is 0 Å². The van der Waals surface area contributed by atoms with Crippen molar-refractivity contribution in [3.63, 3.8) is 0 Å². The molecule has 0 aliphatic carbocycles. The Morgan fingerprint density at radius 2 is 1.80 bits per heavy atom. The van der Waals surface area contributed by atoms with Gasteiger partial charge < -0.3 is 0 Å². The van der Waals surface area contributed by atoms with E-state index in [4.69, 9.17) is 0 Å². The summed E-state index contributed by atoms with van der Waals surface area (Å²) in [4.78, 5) is 0. The first-order valence-electron chi connectivity index (χ1n) is 3.48. The average molecular weight is 154 g/mol. The maximum absolute atomic E-state index is 4.14. The first kappa shape index (κ1) is 7.61. The Kier molecular flexibility index (Phi) is 3.30. The SMILES string of the molecule is SCCC[n+]1ccccc1. The van der Waals surface area contributed by atoms with Gasteiger partial charge in [-0.1, -0.05) is 6.07 Å². The van der Waals surface area contributed by atoms with Gasteiger partial charge in [-0.15, -0.1) is 0 Å². The van der Waals surface area contributed by atoms with Gasteiger partial charge in [0.25, 0.3) is 0 Å². The van der Waals surface area contributed by atoms with Crippen molar-refractivity contribution < 1.29 is 4.57 Å². The van der Waals surface area contributed by atoms with Gasteiger partial charge in [0, 0.05) is 18.6 Å². The number of rotatable bonds is 3. The molecule has 1 nitrogen and oxygen atoms in total. The van der Waals surface area contributed by atoms with E-state index in [9.17, 15) is 0 Å². The number of thiol groups is 1. The molecule has 10 heavy (non-hydrogen) atoms. The molecule has 0 aliphatic heterocycles. The largest absolute Gasteiger partial charge is 0.205 e. The van der Waals surface area contributed by atoms with E-state index in [0.29, 0.717) is 0 Å². The summed E-state index contributed by atoms with van der Waals surface area (Å²) in [7, 11) is 0. The van der Waals surface area contributed by atoms with E-state index in [2.05, 4.69) is 29.6 Å². The van der Waals surface area contributed by atoms with Gasteiger partial charge >= 0.3 is 0 Å². The number of hydrogen-bond acceptors (Lipinski definition) is 1. The minimum atomic E-state index is 0.960. The van der Waals surface area contributed by atoms with Crippen molar-refractivity contribution in [1.29, 1.82) is 0 Å². The molecule has 0 spiro atoms. The minimum absolute atomic E-state index is 0.960. The predicted octanol–water partition coefficient (Wildman–Crippen LogP) is 1.29. The van der Waals surface area contributed by atoms with Crippen LogP contribution in [0, 0.1) is 0 Å². The number of nitrogens with zero attached hydrogens (tertiary/aromatic N) is 1. The molecular formula is C8H12NS+. The molecule has 0 amide bonds. The molecule has 1 heterocycles. The molecule has 0 unspecified atom stereocenters. The summed E-state index contributed by atoms with van der Waals surface area (Å²) >= 11 is 4.14. The normalized spacial score (nSPS) is 9.70. The third-order valence-corrected chi connectivity index (χ3v) is 1.67. The van der Waals surface area contributed by atoms with E-state index < -0.39 is 0 Å². The Labute approximate surface area is 67.1 Å². The highest BCUT2D eigenvalue weighted by Crippen LogP contribution is 1.83. The lowest BCUT2D eigenvalue weighted by atomic mass is 10.4. The molecule has 0 radical (unpaired) electrons. The molecule has 0 atom stereocenters. The summed E-state index contributed by atoms with van der Waals surface area (Å²) in [6, 6.07) is 6.11. The van der Waals surface area contributed by atoms with Gasteiger partial charge in [-0.2, -0.15) is 12.6 Å². The minimum Gasteiger partial charge on any atom is -0.205 e. The van der Waals surface area contributed by atoms with Crippen LogP contribution in [0.1, 0.15) is 6.42 Å². The van der Waals surface area contributed by atoms with E-state index in [1.165, 1.54) is 0 Å². The molecule has 0 fully saturated rings. The van der Waals surface area contributed by atoms with Gasteiger partial charge in [0.05, 0.1) is 0 Å². The highest BCUT2D eigenvalue weighted by molar-refractivity contribution is 7.80. The number of aryl methyl sites for hydroxylation is 1. The maximum atomic E-state index is 4.14. The van der Waals surface area contributed by atoms with Crippen molar-refractivity contribution in [3.05, 3.63) is 30.6 Å². The van der Waals surface area contributed by atoms with Crippen LogP contribution in [0.5, 0.6) is 0 Å². The molecule has 1 aromatic heterocycles. The second-order valence-electron chi connectivity index (χ2n) is 2.19. The lowest BCUT2D eigenvalue weighted by Gasteiger charge is -1.91. The molecule has 0 bridgehead atoms. The van der Waals surface area contributed by atoms with E-state index >= 15 is 0 Å². The van der Waals surface area contributed by atoms with Crippen molar-refractivity contribution in [3.8, 4) is 0 Å². The standard InChI is InChI=1S/C8H11NS/c10-8-4-7-9-5-2-1-3-6-9/h1-3,5-6H,4,7-8H2/p+1. The fourth-order valence-corrected chi connectivity index (χ4v) is 0.978.